The van der Waals surface area contributed by atoms with Gasteiger partial charge in [-0.25, -0.2) is 0 Å². The molecule has 1 amide bonds. The monoisotopic (exact) mass is 1190 g/mol. The third-order valence-corrected chi connectivity index (χ3v) is 16.3. The molecule has 12 atom stereocenters. The predicted molar refractivity (Wildman–Crippen MR) is 341 cm³/mol. The van der Waals surface area contributed by atoms with E-state index in [9.17, 15) is 45.6 Å². The lowest BCUT2D eigenvalue weighted by Gasteiger charge is -2.46. The first-order valence-electron chi connectivity index (χ1n) is 34.2. The molecule has 0 spiro atoms. The van der Waals surface area contributed by atoms with Crippen molar-refractivity contribution in [3.8, 4) is 0 Å². The van der Waals surface area contributed by atoms with Crippen molar-refractivity contribution in [1.82, 2.24) is 5.32 Å². The van der Waals surface area contributed by atoms with Crippen LogP contribution in [0.25, 0.3) is 0 Å². The number of hydrogen-bond donors (Lipinski definition) is 9. The normalized spacial score (nSPS) is 24.1. The van der Waals surface area contributed by atoms with Gasteiger partial charge in [-0.3, -0.25) is 4.79 Å². The molecule has 0 saturated carbocycles. The number of amides is 1. The molecule has 2 aliphatic heterocycles. The number of hydrogen-bond acceptors (Lipinski definition) is 13. The van der Waals surface area contributed by atoms with E-state index >= 15 is 0 Å². The molecule has 12 unspecified atom stereocenters. The van der Waals surface area contributed by atoms with E-state index < -0.39 is 86.8 Å². The number of aliphatic hydroxyl groups excluding tert-OH is 8. The Labute approximate surface area is 510 Å². The van der Waals surface area contributed by atoms with Crippen LogP contribution < -0.4 is 5.32 Å². The molecule has 14 nitrogen and oxygen atoms in total. The van der Waals surface area contributed by atoms with Crippen LogP contribution in [0.15, 0.2) is 72.9 Å². The van der Waals surface area contributed by atoms with Crippen LogP contribution in [0.1, 0.15) is 271 Å². The van der Waals surface area contributed by atoms with Gasteiger partial charge in [0.25, 0.3) is 0 Å². The Bertz CT molecular complexity index is 1690. The largest absolute Gasteiger partial charge is 0.394 e. The molecule has 2 rings (SSSR count). The van der Waals surface area contributed by atoms with Gasteiger partial charge in [0, 0.05) is 6.42 Å². The molecule has 0 aromatic carbocycles. The highest BCUT2D eigenvalue weighted by Gasteiger charge is 2.51. The van der Waals surface area contributed by atoms with Gasteiger partial charge >= 0.3 is 0 Å². The van der Waals surface area contributed by atoms with Crippen LogP contribution >= 0.6 is 0 Å². The lowest BCUT2D eigenvalue weighted by Crippen LogP contribution is -2.65. The molecule has 9 N–H and O–H groups in total. The third kappa shape index (κ3) is 38.7. The molecule has 488 valence electrons. The minimum absolute atomic E-state index is 0.253. The summed E-state index contributed by atoms with van der Waals surface area (Å²) in [5.74, 6) is -0.253. The zero-order chi connectivity index (χ0) is 60.9. The average Bonchev–Trinajstić information content (AvgIpc) is 2.32. The van der Waals surface area contributed by atoms with Gasteiger partial charge in [0.1, 0.15) is 48.8 Å². The van der Waals surface area contributed by atoms with Crippen LogP contribution in [-0.2, 0) is 23.7 Å². The van der Waals surface area contributed by atoms with Crippen molar-refractivity contribution in [2.75, 3.05) is 19.8 Å². The van der Waals surface area contributed by atoms with Crippen LogP contribution in [-0.4, -0.2) is 140 Å². The number of allylic oxidation sites excluding steroid dienone is 11. The van der Waals surface area contributed by atoms with E-state index in [4.69, 9.17) is 18.9 Å². The van der Waals surface area contributed by atoms with Crippen LogP contribution in [0.5, 0.6) is 0 Å². The maximum Gasteiger partial charge on any atom is 0.220 e. The summed E-state index contributed by atoms with van der Waals surface area (Å²) in [5, 5.41) is 87.0. The molecular weight excluding hydrogens is 1060 g/mol. The van der Waals surface area contributed by atoms with Crippen molar-refractivity contribution in [2.24, 2.45) is 0 Å². The minimum atomic E-state index is -1.79. The second-order valence-corrected chi connectivity index (χ2v) is 23.9. The third-order valence-electron chi connectivity index (χ3n) is 16.3. The number of nitrogens with one attached hydrogen (secondary N) is 1. The summed E-state index contributed by atoms with van der Waals surface area (Å²) in [7, 11) is 0. The molecule has 2 saturated heterocycles. The highest BCUT2D eigenvalue weighted by atomic mass is 16.7. The van der Waals surface area contributed by atoms with Crippen LogP contribution in [0.2, 0.25) is 0 Å². The maximum absolute atomic E-state index is 13.3. The molecule has 2 fully saturated rings. The van der Waals surface area contributed by atoms with E-state index in [0.29, 0.717) is 12.8 Å². The van der Waals surface area contributed by atoms with Gasteiger partial charge in [-0.1, -0.05) is 260 Å². The van der Waals surface area contributed by atoms with Gasteiger partial charge in [0.2, 0.25) is 5.91 Å². The fraction of sp³-hybridized carbons (Fsp3) is 0.814. The molecule has 0 aromatic heterocycles. The SMILES string of the molecule is CCC/C=C/CC/C=C/CC/C=C/C(O)C(COC1OC(CO)C(OC2OC(CO)C(O)C(O)C2O)C(O)C1O)NC(=O)CCCCCCCCCCCCCCCCCCCCCCCCCC/C=C\C/C=C\C/C=C\CCCCCCC. The topological polar surface area (TPSA) is 228 Å². The Morgan fingerprint density at radius 3 is 1.29 bits per heavy atom. The van der Waals surface area contributed by atoms with E-state index in [0.717, 1.165) is 64.2 Å². The smallest absolute Gasteiger partial charge is 0.220 e. The van der Waals surface area contributed by atoms with Gasteiger partial charge < -0.3 is 65.1 Å². The first-order valence-corrected chi connectivity index (χ1v) is 34.2. The number of carbonyl (C=O) groups excluding carboxylic acids is 1. The molecule has 14 heteroatoms. The Hall–Kier alpha value is -2.57. The lowest BCUT2D eigenvalue weighted by molar-refractivity contribution is -0.359. The van der Waals surface area contributed by atoms with Crippen LogP contribution in [0, 0.1) is 0 Å². The van der Waals surface area contributed by atoms with Crippen molar-refractivity contribution in [2.45, 2.75) is 344 Å². The lowest BCUT2D eigenvalue weighted by atomic mass is 9.97. The van der Waals surface area contributed by atoms with E-state index in [1.807, 2.05) is 6.08 Å². The number of unbranched alkanes of at least 4 members (excludes halogenated alkanes) is 32. The second-order valence-electron chi connectivity index (χ2n) is 23.9. The first-order chi connectivity index (χ1) is 41.1. The Kier molecular flexibility index (Phi) is 50.4. The molecule has 0 bridgehead atoms. The summed E-state index contributed by atoms with van der Waals surface area (Å²) < 4.78 is 22.7. The van der Waals surface area contributed by atoms with Gasteiger partial charge in [-0.15, -0.1) is 0 Å². The highest BCUT2D eigenvalue weighted by molar-refractivity contribution is 5.76. The Morgan fingerprint density at radius 1 is 0.429 bits per heavy atom. The van der Waals surface area contributed by atoms with Crippen molar-refractivity contribution in [1.29, 1.82) is 0 Å². The van der Waals surface area contributed by atoms with Crippen LogP contribution in [0.3, 0.4) is 0 Å². The summed E-state index contributed by atoms with van der Waals surface area (Å²) in [6, 6.07) is -0.937. The zero-order valence-electron chi connectivity index (χ0n) is 52.9. The average molecular weight is 1190 g/mol. The quantitative estimate of drug-likeness (QED) is 0.0204. The van der Waals surface area contributed by atoms with Gasteiger partial charge in [-0.05, 0) is 77.0 Å². The molecule has 0 radical (unpaired) electrons. The van der Waals surface area contributed by atoms with E-state index in [-0.39, 0.29) is 18.9 Å². The highest BCUT2D eigenvalue weighted by Crippen LogP contribution is 2.30. The predicted octanol–water partition coefficient (Wildman–Crippen LogP) is 13.5. The fourth-order valence-corrected chi connectivity index (χ4v) is 10.9. The maximum atomic E-state index is 13.3. The molecule has 2 aliphatic rings. The van der Waals surface area contributed by atoms with E-state index in [1.54, 1.807) is 6.08 Å². The minimum Gasteiger partial charge on any atom is -0.394 e. The summed E-state index contributed by atoms with van der Waals surface area (Å²) in [4.78, 5) is 13.3. The van der Waals surface area contributed by atoms with Crippen molar-refractivity contribution >= 4 is 5.91 Å². The number of ether oxygens (including phenoxy) is 4. The number of aliphatic hydroxyl groups is 8. The number of rotatable bonds is 55. The molecule has 84 heavy (non-hydrogen) atoms. The van der Waals surface area contributed by atoms with Gasteiger partial charge in [-0.2, -0.15) is 0 Å². The second kappa shape index (κ2) is 54.6. The molecular formula is C70H125NO13. The first kappa shape index (κ1) is 77.5. The van der Waals surface area contributed by atoms with Crippen LogP contribution in [0.4, 0.5) is 0 Å². The van der Waals surface area contributed by atoms with Crippen molar-refractivity contribution in [3.63, 3.8) is 0 Å². The number of carbonyl (C=O) groups is 1. The molecule has 2 heterocycles. The summed E-state index contributed by atoms with van der Waals surface area (Å²) in [5.41, 5.74) is 0. The molecule has 0 aromatic rings. The zero-order valence-corrected chi connectivity index (χ0v) is 52.9. The van der Waals surface area contributed by atoms with Gasteiger partial charge in [0.15, 0.2) is 12.6 Å². The summed E-state index contributed by atoms with van der Waals surface area (Å²) >= 11 is 0. The standard InChI is InChI=1S/C70H125NO13/c1-3-5-7-9-11-13-15-16-17-18-19-20-21-22-23-24-25-26-27-28-29-30-31-32-33-34-35-36-37-38-39-40-41-42-44-46-48-50-52-54-62(75)71-58(59(74)53-51-49-47-45-43-14-12-10-8-6-4-2)57-81-69-67(80)65(78)68(61(56-73)83-69)84-70-66(79)64(77)63(76)60(55-72)82-70/h8,10,15-16,18-19,21-22,43,45,51,53,58-61,63-70,72-74,76-80H,3-7,9,11-14,17,20,23-42,44,46-50,52,54-57H2,1-2H3,(H,71,75)/b10-8+,16-15-,19-18-,22-21-,45-43+,53-51+. The summed E-state index contributed by atoms with van der Waals surface area (Å²) in [6.07, 6.45) is 57.2. The molecule has 0 aliphatic carbocycles. The fourth-order valence-electron chi connectivity index (χ4n) is 10.9. The van der Waals surface area contributed by atoms with E-state index in [1.165, 1.54) is 173 Å². The Balaban J connectivity index is 1.54. The van der Waals surface area contributed by atoms with Crippen molar-refractivity contribution in [3.05, 3.63) is 72.9 Å². The van der Waals surface area contributed by atoms with E-state index in [2.05, 4.69) is 79.9 Å². The van der Waals surface area contributed by atoms with Crippen molar-refractivity contribution < 1.29 is 64.6 Å². The Morgan fingerprint density at radius 2 is 0.821 bits per heavy atom. The van der Waals surface area contributed by atoms with Gasteiger partial charge in [0.05, 0.1) is 32.0 Å². The summed E-state index contributed by atoms with van der Waals surface area (Å²) in [6.45, 7) is 2.68.